The van der Waals surface area contributed by atoms with Gasteiger partial charge in [-0.05, 0) is 176 Å². The van der Waals surface area contributed by atoms with Crippen LogP contribution in [-0.4, -0.2) is 301 Å². The SMILES string of the molecule is CCN(C)CCN(C)CCN(C)CCN(C)CCN(C)C.CN1CCCN(C)CCN(C)CCC1.CN1CCCN(C)CCN(C)CCCN(C)CC1. The van der Waals surface area contributed by atoms with Gasteiger partial charge in [-0.2, -0.15) is 0 Å². The Balaban J connectivity index is 0.000000779. The lowest BCUT2D eigenvalue weighted by Gasteiger charge is -2.26. The Bertz CT molecular complexity index is 734. The van der Waals surface area contributed by atoms with Crippen molar-refractivity contribution in [3.05, 3.63) is 0 Å². The number of nitrogens with zero attached hydrogens (tertiary/aromatic N) is 12. The van der Waals surface area contributed by atoms with Crippen molar-refractivity contribution < 1.29 is 0 Å². The zero-order chi connectivity index (χ0) is 40.0. The molecule has 53 heavy (non-hydrogen) atoms. The largest absolute Gasteiger partial charge is 0.308 e. The molecular weight excluding hydrogens is 661 g/mol. The summed E-state index contributed by atoms with van der Waals surface area (Å²) in [7, 11) is 28.8. The quantitative estimate of drug-likeness (QED) is 0.273. The molecule has 12 nitrogen and oxygen atoms in total. The van der Waals surface area contributed by atoms with Crippen molar-refractivity contribution in [1.82, 2.24) is 58.8 Å². The van der Waals surface area contributed by atoms with Gasteiger partial charge in [0.15, 0.2) is 0 Å². The summed E-state index contributed by atoms with van der Waals surface area (Å²) in [5.74, 6) is 0. The topological polar surface area (TPSA) is 38.9 Å². The van der Waals surface area contributed by atoms with E-state index in [9.17, 15) is 0 Å². The van der Waals surface area contributed by atoms with Crippen molar-refractivity contribution in [2.45, 2.75) is 32.6 Å². The van der Waals surface area contributed by atoms with Crippen LogP contribution in [0.4, 0.5) is 0 Å². The molecule has 0 amide bonds. The van der Waals surface area contributed by atoms with Gasteiger partial charge in [0.05, 0.1) is 0 Å². The number of rotatable bonds is 13. The average Bonchev–Trinajstić information content (AvgIpc) is 3.14. The summed E-state index contributed by atoms with van der Waals surface area (Å²) in [6.45, 7) is 29.5. The minimum atomic E-state index is 1.13. The van der Waals surface area contributed by atoms with E-state index in [4.69, 9.17) is 0 Å². The number of likely N-dealkylation sites (N-methyl/N-ethyl adjacent to an activating group) is 11. The maximum absolute atomic E-state index is 2.46. The van der Waals surface area contributed by atoms with E-state index in [0.717, 1.165) is 58.9 Å². The highest BCUT2D eigenvalue weighted by atomic mass is 15.2. The second-order valence-electron chi connectivity index (χ2n) is 17.1. The van der Waals surface area contributed by atoms with E-state index in [0.29, 0.717) is 0 Å². The van der Waals surface area contributed by atoms with Crippen molar-refractivity contribution >= 4 is 0 Å². The van der Waals surface area contributed by atoms with Crippen LogP contribution in [0.5, 0.6) is 0 Å². The van der Waals surface area contributed by atoms with Crippen molar-refractivity contribution in [3.63, 3.8) is 0 Å². The lowest BCUT2D eigenvalue weighted by Crippen LogP contribution is -2.39. The minimum absolute atomic E-state index is 1.13. The Morgan fingerprint density at radius 1 is 0.283 bits per heavy atom. The van der Waals surface area contributed by atoms with E-state index in [-0.39, 0.29) is 0 Å². The summed E-state index contributed by atoms with van der Waals surface area (Å²) < 4.78 is 0. The predicted octanol–water partition coefficient (Wildman–Crippen LogP) is 1.38. The Morgan fingerprint density at radius 2 is 0.472 bits per heavy atom. The summed E-state index contributed by atoms with van der Waals surface area (Å²) in [6.07, 6.45) is 5.16. The van der Waals surface area contributed by atoms with E-state index in [1.54, 1.807) is 0 Å². The molecule has 0 unspecified atom stereocenters. The molecule has 0 aliphatic carbocycles. The molecular formula is C41H96N12. The van der Waals surface area contributed by atoms with Gasteiger partial charge in [-0.1, -0.05) is 6.92 Å². The summed E-state index contributed by atoms with van der Waals surface area (Å²) >= 11 is 0. The fourth-order valence-corrected chi connectivity index (χ4v) is 6.14. The summed E-state index contributed by atoms with van der Waals surface area (Å²) in [5.41, 5.74) is 0. The highest BCUT2D eigenvalue weighted by Gasteiger charge is 2.09. The summed E-state index contributed by atoms with van der Waals surface area (Å²) in [5, 5.41) is 0. The highest BCUT2D eigenvalue weighted by Crippen LogP contribution is 1.99. The first kappa shape index (κ1) is 52.5. The maximum atomic E-state index is 2.46. The molecule has 2 fully saturated rings. The second-order valence-corrected chi connectivity index (χ2v) is 17.1. The van der Waals surface area contributed by atoms with Crippen molar-refractivity contribution in [3.8, 4) is 0 Å². The van der Waals surface area contributed by atoms with Gasteiger partial charge in [-0.3, -0.25) is 0 Å². The van der Waals surface area contributed by atoms with Gasteiger partial charge in [0.25, 0.3) is 0 Å². The summed E-state index contributed by atoms with van der Waals surface area (Å²) in [6, 6.07) is 0. The molecule has 2 rings (SSSR count). The molecule has 320 valence electrons. The number of hydrogen-bond donors (Lipinski definition) is 0. The molecule has 0 aromatic carbocycles. The third kappa shape index (κ3) is 34.5. The Hall–Kier alpha value is -0.480. The maximum Gasteiger partial charge on any atom is 0.0107 e. The molecule has 0 bridgehead atoms. The fraction of sp³-hybridized carbons (Fsp3) is 1.00. The van der Waals surface area contributed by atoms with Gasteiger partial charge >= 0.3 is 0 Å². The second kappa shape index (κ2) is 33.6. The van der Waals surface area contributed by atoms with Gasteiger partial charge < -0.3 is 58.8 Å². The van der Waals surface area contributed by atoms with Crippen LogP contribution >= 0.6 is 0 Å². The molecule has 0 spiro atoms. The van der Waals surface area contributed by atoms with E-state index in [2.05, 4.69) is 157 Å². The first-order chi connectivity index (χ1) is 25.1. The van der Waals surface area contributed by atoms with Gasteiger partial charge in [0.2, 0.25) is 0 Å². The van der Waals surface area contributed by atoms with E-state index < -0.39 is 0 Å². The molecule has 0 saturated carbocycles. The lowest BCUT2D eigenvalue weighted by atomic mass is 10.3. The van der Waals surface area contributed by atoms with Crippen LogP contribution in [-0.2, 0) is 0 Å². The first-order valence-corrected chi connectivity index (χ1v) is 21.3. The van der Waals surface area contributed by atoms with E-state index >= 15 is 0 Å². The normalized spacial score (nSPS) is 20.7. The van der Waals surface area contributed by atoms with Gasteiger partial charge in [0.1, 0.15) is 0 Å². The van der Waals surface area contributed by atoms with Crippen LogP contribution in [0.3, 0.4) is 0 Å². The zero-order valence-electron chi connectivity index (χ0n) is 38.5. The van der Waals surface area contributed by atoms with Crippen molar-refractivity contribution in [2.75, 3.05) is 242 Å². The molecule has 12 heteroatoms. The molecule has 2 aliphatic heterocycles. The Labute approximate surface area is 332 Å². The third-order valence-corrected chi connectivity index (χ3v) is 11.0. The van der Waals surface area contributed by atoms with Gasteiger partial charge in [-0.15, -0.1) is 0 Å². The molecule has 0 N–H and O–H groups in total. The smallest absolute Gasteiger partial charge is 0.0107 e. The average molecular weight is 757 g/mol. The third-order valence-electron chi connectivity index (χ3n) is 11.0. The van der Waals surface area contributed by atoms with Crippen LogP contribution in [0.15, 0.2) is 0 Å². The Morgan fingerprint density at radius 3 is 0.679 bits per heavy atom. The molecule has 2 saturated heterocycles. The van der Waals surface area contributed by atoms with Crippen LogP contribution in [0.2, 0.25) is 0 Å². The molecule has 0 aromatic heterocycles. The monoisotopic (exact) mass is 757 g/mol. The standard InChI is InChI=1S/C16H39N5.C14H32N4.C11H25N3/c1-8-18(4)11-12-20(6)15-16-21(7)14-13-19(5)10-9-17(2)3;1-15-7-5-8-17(3)13-14-18(4)10-6-9-16(2)12-11-15;1-12-6-4-8-13(2)10-11-14(3)9-5-7-12/h8-16H2,1-7H3;5-14H2,1-4H3;4-11H2,1-3H3. The molecule has 0 atom stereocenters. The molecule has 0 aromatic rings. The fourth-order valence-electron chi connectivity index (χ4n) is 6.14. The zero-order valence-corrected chi connectivity index (χ0v) is 38.5. The summed E-state index contributed by atoms with van der Waals surface area (Å²) in [4.78, 5) is 29.1. The molecule has 2 heterocycles. The van der Waals surface area contributed by atoms with Crippen molar-refractivity contribution in [2.24, 2.45) is 0 Å². The highest BCUT2D eigenvalue weighted by molar-refractivity contribution is 4.66. The van der Waals surface area contributed by atoms with Gasteiger partial charge in [-0.25, -0.2) is 0 Å². The van der Waals surface area contributed by atoms with Crippen LogP contribution in [0, 0.1) is 0 Å². The van der Waals surface area contributed by atoms with Crippen LogP contribution < -0.4 is 0 Å². The minimum Gasteiger partial charge on any atom is -0.308 e. The number of hydrogen-bond acceptors (Lipinski definition) is 12. The molecule has 2 aliphatic rings. The van der Waals surface area contributed by atoms with Crippen LogP contribution in [0.25, 0.3) is 0 Å². The lowest BCUT2D eigenvalue weighted by molar-refractivity contribution is 0.206. The van der Waals surface area contributed by atoms with Crippen molar-refractivity contribution in [1.29, 1.82) is 0 Å². The van der Waals surface area contributed by atoms with E-state index in [1.807, 2.05) is 0 Å². The predicted molar refractivity (Wildman–Crippen MR) is 235 cm³/mol. The first-order valence-electron chi connectivity index (χ1n) is 21.3. The van der Waals surface area contributed by atoms with Gasteiger partial charge in [0, 0.05) is 91.6 Å². The van der Waals surface area contributed by atoms with Crippen LogP contribution in [0.1, 0.15) is 32.6 Å². The molecule has 0 radical (unpaired) electrons. The Kier molecular flexibility index (Phi) is 33.3. The van der Waals surface area contributed by atoms with E-state index in [1.165, 1.54) is 117 Å².